The Morgan fingerprint density at radius 2 is 2.12 bits per heavy atom. The van der Waals surface area contributed by atoms with Gasteiger partial charge in [-0.05, 0) is 37.4 Å². The molecule has 1 fully saturated rings. The lowest BCUT2D eigenvalue weighted by atomic mass is 9.97. The molecule has 2 aliphatic rings. The van der Waals surface area contributed by atoms with Crippen LogP contribution in [0.1, 0.15) is 24.1 Å². The normalized spacial score (nSPS) is 23.9. The predicted molar refractivity (Wildman–Crippen MR) is 70.1 cm³/mol. The quantitative estimate of drug-likeness (QED) is 0.670. The van der Waals surface area contributed by atoms with Crippen LogP contribution in [0.3, 0.4) is 0 Å². The summed E-state index contributed by atoms with van der Waals surface area (Å²) in [5.41, 5.74) is 4.56. The van der Waals surface area contributed by atoms with Gasteiger partial charge in [0.15, 0.2) is 0 Å². The van der Waals surface area contributed by atoms with Gasteiger partial charge >= 0.3 is 0 Å². The third-order valence-corrected chi connectivity index (χ3v) is 4.64. The van der Waals surface area contributed by atoms with Crippen LogP contribution in [-0.2, 0) is 20.0 Å². The second kappa shape index (κ2) is 3.36. The number of hydrogen-bond acceptors (Lipinski definition) is 1. The molecular formula is C15H18N2. The lowest BCUT2D eigenvalue weighted by Crippen LogP contribution is -2.35. The molecule has 0 saturated carbocycles. The van der Waals surface area contributed by atoms with Crippen molar-refractivity contribution >= 4 is 10.9 Å². The van der Waals surface area contributed by atoms with E-state index in [0.717, 1.165) is 12.6 Å². The van der Waals surface area contributed by atoms with E-state index in [1.165, 1.54) is 36.7 Å². The highest BCUT2D eigenvalue weighted by molar-refractivity contribution is 5.85. The molecular weight excluding hydrogens is 208 g/mol. The van der Waals surface area contributed by atoms with E-state index in [1.54, 1.807) is 11.3 Å². The summed E-state index contributed by atoms with van der Waals surface area (Å²) in [7, 11) is 2.22. The van der Waals surface area contributed by atoms with E-state index >= 15 is 0 Å². The zero-order chi connectivity index (χ0) is 11.4. The number of nitrogens with zero attached hydrogens (tertiary/aromatic N) is 2. The zero-order valence-electron chi connectivity index (χ0n) is 10.3. The average molecular weight is 226 g/mol. The number of aryl methyl sites for hydroxylation is 1. The molecule has 1 unspecified atom stereocenters. The van der Waals surface area contributed by atoms with Gasteiger partial charge in [-0.2, -0.15) is 0 Å². The summed E-state index contributed by atoms with van der Waals surface area (Å²) in [6.45, 7) is 2.46. The third kappa shape index (κ3) is 1.25. The molecule has 1 aromatic carbocycles. The first-order valence-corrected chi connectivity index (χ1v) is 6.64. The van der Waals surface area contributed by atoms with Crippen LogP contribution < -0.4 is 0 Å². The Hall–Kier alpha value is -1.28. The lowest BCUT2D eigenvalue weighted by Gasteiger charge is -2.30. The highest BCUT2D eigenvalue weighted by Crippen LogP contribution is 2.35. The summed E-state index contributed by atoms with van der Waals surface area (Å²) in [5.74, 6) is 0. The minimum absolute atomic E-state index is 0.813. The topological polar surface area (TPSA) is 8.17 Å². The highest BCUT2D eigenvalue weighted by atomic mass is 15.2. The molecule has 1 aromatic heterocycles. The van der Waals surface area contributed by atoms with E-state index in [-0.39, 0.29) is 0 Å². The van der Waals surface area contributed by atoms with E-state index in [1.807, 2.05) is 0 Å². The Morgan fingerprint density at radius 3 is 3.06 bits per heavy atom. The van der Waals surface area contributed by atoms with Crippen molar-refractivity contribution in [2.45, 2.75) is 31.8 Å². The van der Waals surface area contributed by atoms with E-state index in [0.29, 0.717) is 0 Å². The van der Waals surface area contributed by atoms with Crippen molar-refractivity contribution in [3.8, 4) is 0 Å². The fraction of sp³-hybridized carbons (Fsp3) is 0.467. The molecule has 1 atom stereocenters. The van der Waals surface area contributed by atoms with Crippen molar-refractivity contribution < 1.29 is 0 Å². The van der Waals surface area contributed by atoms with E-state index in [9.17, 15) is 0 Å². The van der Waals surface area contributed by atoms with Crippen LogP contribution in [-0.4, -0.2) is 22.1 Å². The molecule has 1 saturated heterocycles. The molecule has 0 amide bonds. The number of aromatic nitrogens is 1. The standard InChI is InChI=1S/C15H18N2/c1-16-14-7-3-2-6-12(14)13-9-11-5-4-8-17(11)10-15(13)16/h2-3,6-7,11H,4-5,8-10H2,1H3. The minimum Gasteiger partial charge on any atom is -0.346 e. The van der Waals surface area contributed by atoms with Crippen molar-refractivity contribution in [1.29, 1.82) is 0 Å². The van der Waals surface area contributed by atoms with E-state index in [2.05, 4.69) is 40.8 Å². The first-order valence-electron chi connectivity index (χ1n) is 6.64. The number of para-hydroxylation sites is 1. The molecule has 4 rings (SSSR count). The Balaban J connectivity index is 1.95. The largest absolute Gasteiger partial charge is 0.346 e. The Morgan fingerprint density at radius 1 is 1.24 bits per heavy atom. The molecule has 0 spiro atoms. The van der Waals surface area contributed by atoms with Gasteiger partial charge in [-0.3, -0.25) is 4.90 Å². The number of hydrogen-bond donors (Lipinski definition) is 0. The first-order chi connectivity index (χ1) is 8.34. The van der Waals surface area contributed by atoms with Gasteiger partial charge in [0, 0.05) is 36.2 Å². The van der Waals surface area contributed by atoms with Gasteiger partial charge in [0.2, 0.25) is 0 Å². The van der Waals surface area contributed by atoms with Crippen LogP contribution in [0.15, 0.2) is 24.3 Å². The van der Waals surface area contributed by atoms with Gasteiger partial charge in [-0.25, -0.2) is 0 Å². The van der Waals surface area contributed by atoms with Crippen LogP contribution in [0.25, 0.3) is 10.9 Å². The lowest BCUT2D eigenvalue weighted by molar-refractivity contribution is 0.222. The molecule has 0 radical (unpaired) electrons. The maximum atomic E-state index is 2.67. The van der Waals surface area contributed by atoms with Gasteiger partial charge in [0.1, 0.15) is 0 Å². The summed E-state index contributed by atoms with van der Waals surface area (Å²) >= 11 is 0. The second-order valence-corrected chi connectivity index (χ2v) is 5.47. The fourth-order valence-corrected chi connectivity index (χ4v) is 3.72. The first kappa shape index (κ1) is 9.72. The van der Waals surface area contributed by atoms with Crippen LogP contribution in [0.4, 0.5) is 0 Å². The molecule has 2 aromatic rings. The molecule has 0 aliphatic carbocycles. The summed E-state index contributed by atoms with van der Waals surface area (Å²) in [6, 6.07) is 9.67. The molecule has 3 heterocycles. The van der Waals surface area contributed by atoms with Crippen molar-refractivity contribution in [2.24, 2.45) is 7.05 Å². The van der Waals surface area contributed by atoms with Gasteiger partial charge in [-0.15, -0.1) is 0 Å². The summed E-state index contributed by atoms with van der Waals surface area (Å²) in [4.78, 5) is 2.67. The number of fused-ring (bicyclic) bond motifs is 4. The molecule has 17 heavy (non-hydrogen) atoms. The Labute approximate surface area is 102 Å². The van der Waals surface area contributed by atoms with Crippen LogP contribution in [0.2, 0.25) is 0 Å². The molecule has 2 heteroatoms. The molecule has 2 nitrogen and oxygen atoms in total. The van der Waals surface area contributed by atoms with E-state index in [4.69, 9.17) is 0 Å². The van der Waals surface area contributed by atoms with Gasteiger partial charge in [0.05, 0.1) is 0 Å². The van der Waals surface area contributed by atoms with Gasteiger partial charge in [-0.1, -0.05) is 18.2 Å². The molecule has 2 aliphatic heterocycles. The fourth-order valence-electron chi connectivity index (χ4n) is 3.72. The summed E-state index contributed by atoms with van der Waals surface area (Å²) < 4.78 is 2.40. The SMILES string of the molecule is Cn1c2c(c3ccccc31)CC1CCCN1C2. The summed E-state index contributed by atoms with van der Waals surface area (Å²) in [5, 5.41) is 1.48. The van der Waals surface area contributed by atoms with Gasteiger partial charge in [0.25, 0.3) is 0 Å². The Bertz CT molecular complexity index is 582. The average Bonchev–Trinajstić information content (AvgIpc) is 2.92. The molecule has 0 bridgehead atoms. The van der Waals surface area contributed by atoms with Crippen molar-refractivity contribution in [3.63, 3.8) is 0 Å². The van der Waals surface area contributed by atoms with Crippen LogP contribution >= 0.6 is 0 Å². The van der Waals surface area contributed by atoms with Crippen molar-refractivity contribution in [3.05, 3.63) is 35.5 Å². The highest BCUT2D eigenvalue weighted by Gasteiger charge is 2.32. The van der Waals surface area contributed by atoms with Gasteiger partial charge < -0.3 is 4.57 Å². The Kier molecular flexibility index (Phi) is 1.92. The smallest absolute Gasteiger partial charge is 0.0483 e. The van der Waals surface area contributed by atoms with Crippen molar-refractivity contribution in [2.75, 3.05) is 6.54 Å². The monoisotopic (exact) mass is 226 g/mol. The van der Waals surface area contributed by atoms with E-state index < -0.39 is 0 Å². The minimum atomic E-state index is 0.813. The molecule has 88 valence electrons. The zero-order valence-corrected chi connectivity index (χ0v) is 10.3. The maximum absolute atomic E-state index is 2.67. The summed E-state index contributed by atoms with van der Waals surface area (Å²) in [6.07, 6.45) is 4.04. The van der Waals surface area contributed by atoms with Crippen LogP contribution in [0, 0.1) is 0 Å². The van der Waals surface area contributed by atoms with Crippen LogP contribution in [0.5, 0.6) is 0 Å². The van der Waals surface area contributed by atoms with Crippen molar-refractivity contribution in [1.82, 2.24) is 9.47 Å². The maximum Gasteiger partial charge on any atom is 0.0483 e. The second-order valence-electron chi connectivity index (χ2n) is 5.47. The number of rotatable bonds is 0. The third-order valence-electron chi connectivity index (χ3n) is 4.64. The number of benzene rings is 1. The predicted octanol–water partition coefficient (Wildman–Crippen LogP) is 2.70. The molecule has 0 N–H and O–H groups in total.